The lowest BCUT2D eigenvalue weighted by Crippen LogP contribution is -2.35. The number of halogens is 3. The van der Waals surface area contributed by atoms with E-state index in [1.54, 1.807) is 6.07 Å². The summed E-state index contributed by atoms with van der Waals surface area (Å²) in [6.45, 7) is 6.32. The summed E-state index contributed by atoms with van der Waals surface area (Å²) < 4.78 is 41.0. The van der Waals surface area contributed by atoms with Crippen LogP contribution in [-0.2, 0) is 6.18 Å². The van der Waals surface area contributed by atoms with Crippen LogP contribution in [0.3, 0.4) is 0 Å². The maximum Gasteiger partial charge on any atom is 0.418 e. The first-order chi connectivity index (χ1) is 12.2. The molecular weight excluding hydrogens is 339 g/mol. The maximum atomic E-state index is 13.7. The topological polar surface area (TPSA) is 50.9 Å². The number of pyridine rings is 1. The highest BCUT2D eigenvalue weighted by Crippen LogP contribution is 2.44. The van der Waals surface area contributed by atoms with Gasteiger partial charge in [0.1, 0.15) is 0 Å². The third-order valence-electron chi connectivity index (χ3n) is 5.35. The number of nitrogens with zero attached hydrogens (tertiary/aromatic N) is 1. The van der Waals surface area contributed by atoms with Gasteiger partial charge in [0.2, 0.25) is 0 Å². The van der Waals surface area contributed by atoms with Gasteiger partial charge in [-0.3, -0.25) is 0 Å². The summed E-state index contributed by atoms with van der Waals surface area (Å²) in [4.78, 5) is 4.32. The predicted octanol–water partition coefficient (Wildman–Crippen LogP) is 4.49. The average molecular weight is 361 g/mol. The van der Waals surface area contributed by atoms with Gasteiger partial charge in [0, 0.05) is 17.5 Å². The molecule has 3 N–H and O–H groups in total. The Morgan fingerprint density at radius 3 is 2.58 bits per heavy atom. The molecule has 2 aliphatic carbocycles. The fourth-order valence-corrected chi connectivity index (χ4v) is 3.25. The summed E-state index contributed by atoms with van der Waals surface area (Å²) in [6, 6.07) is 4.93. The van der Waals surface area contributed by atoms with Crippen molar-refractivity contribution in [1.82, 2.24) is 10.3 Å². The average Bonchev–Trinajstić information content (AvgIpc) is 3.47. The largest absolute Gasteiger partial charge is 0.418 e. The number of nitrogens with one attached hydrogen (secondary N) is 1. The van der Waals surface area contributed by atoms with E-state index in [0.29, 0.717) is 23.3 Å². The second-order valence-corrected chi connectivity index (χ2v) is 7.76. The molecule has 2 saturated carbocycles. The molecule has 2 aromatic rings. The SMILES string of the molecule is C=C(NCC1(N)CC1)c1cc(C)c2cc(C3CC3)cc(C(F)(F)F)c2n1. The molecule has 6 heteroatoms. The van der Waals surface area contributed by atoms with Crippen molar-refractivity contribution < 1.29 is 13.2 Å². The number of hydrogen-bond acceptors (Lipinski definition) is 3. The van der Waals surface area contributed by atoms with Gasteiger partial charge >= 0.3 is 6.18 Å². The number of rotatable bonds is 5. The van der Waals surface area contributed by atoms with Crippen LogP contribution in [0.1, 0.15) is 54.0 Å². The zero-order valence-electron chi connectivity index (χ0n) is 14.7. The van der Waals surface area contributed by atoms with Crippen molar-refractivity contribution in [2.45, 2.75) is 50.2 Å². The standard InChI is InChI=1S/C20H22F3N3/c1-11-7-17(12(2)25-10-19(24)5-6-19)26-18-15(11)8-14(13-3-4-13)9-16(18)20(21,22)23/h7-9,13,25H,2-6,10,24H2,1H3. The lowest BCUT2D eigenvalue weighted by Gasteiger charge is -2.17. The van der Waals surface area contributed by atoms with E-state index in [-0.39, 0.29) is 17.0 Å². The molecule has 0 unspecified atom stereocenters. The van der Waals surface area contributed by atoms with Gasteiger partial charge in [-0.1, -0.05) is 6.58 Å². The lowest BCUT2D eigenvalue weighted by molar-refractivity contribution is -0.136. The van der Waals surface area contributed by atoms with E-state index < -0.39 is 11.7 Å². The molecule has 0 bridgehead atoms. The van der Waals surface area contributed by atoms with Crippen LogP contribution in [0.5, 0.6) is 0 Å². The summed E-state index contributed by atoms with van der Waals surface area (Å²) >= 11 is 0. The summed E-state index contributed by atoms with van der Waals surface area (Å²) in [5.74, 6) is 0.246. The van der Waals surface area contributed by atoms with E-state index >= 15 is 0 Å². The number of benzene rings is 1. The molecular formula is C20H22F3N3. The Morgan fingerprint density at radius 2 is 2.00 bits per heavy atom. The van der Waals surface area contributed by atoms with Crippen LogP contribution < -0.4 is 11.1 Å². The smallest absolute Gasteiger partial charge is 0.382 e. The molecule has 2 fully saturated rings. The number of fused-ring (bicyclic) bond motifs is 1. The van der Waals surface area contributed by atoms with Gasteiger partial charge in [0.15, 0.2) is 0 Å². The Bertz CT molecular complexity index is 893. The molecule has 3 nitrogen and oxygen atoms in total. The highest BCUT2D eigenvalue weighted by Gasteiger charge is 2.38. The molecule has 138 valence electrons. The molecule has 0 aliphatic heterocycles. The van der Waals surface area contributed by atoms with Gasteiger partial charge in [-0.2, -0.15) is 13.2 Å². The minimum absolute atomic E-state index is 0.00580. The van der Waals surface area contributed by atoms with Crippen molar-refractivity contribution in [2.75, 3.05) is 6.54 Å². The zero-order chi connectivity index (χ0) is 18.7. The van der Waals surface area contributed by atoms with Gasteiger partial charge in [-0.05, 0) is 67.9 Å². The molecule has 1 aromatic heterocycles. The van der Waals surface area contributed by atoms with Crippen molar-refractivity contribution in [3.05, 3.63) is 47.2 Å². The van der Waals surface area contributed by atoms with Gasteiger partial charge < -0.3 is 11.1 Å². The van der Waals surface area contributed by atoms with Crippen molar-refractivity contribution >= 4 is 16.6 Å². The predicted molar refractivity (Wildman–Crippen MR) is 96.6 cm³/mol. The minimum Gasteiger partial charge on any atom is -0.382 e. The van der Waals surface area contributed by atoms with Crippen LogP contribution in [0.15, 0.2) is 24.8 Å². The van der Waals surface area contributed by atoms with Gasteiger partial charge in [-0.25, -0.2) is 4.98 Å². The molecule has 4 rings (SSSR count). The monoisotopic (exact) mass is 361 g/mol. The normalized spacial score (nSPS) is 18.8. The summed E-state index contributed by atoms with van der Waals surface area (Å²) in [7, 11) is 0. The van der Waals surface area contributed by atoms with E-state index in [4.69, 9.17) is 5.73 Å². The molecule has 1 aromatic carbocycles. The molecule has 0 spiro atoms. The number of alkyl halides is 3. The first kappa shape index (κ1) is 17.3. The molecule has 0 saturated heterocycles. The van der Waals surface area contributed by atoms with E-state index in [1.165, 1.54) is 6.07 Å². The molecule has 26 heavy (non-hydrogen) atoms. The zero-order valence-corrected chi connectivity index (χ0v) is 14.7. The van der Waals surface area contributed by atoms with Gasteiger partial charge in [0.05, 0.1) is 22.5 Å². The first-order valence-electron chi connectivity index (χ1n) is 8.91. The second kappa shape index (κ2) is 5.71. The summed E-state index contributed by atoms with van der Waals surface area (Å²) in [5.41, 5.74) is 7.64. The molecule has 0 atom stereocenters. The van der Waals surface area contributed by atoms with Crippen molar-refractivity contribution in [3.8, 4) is 0 Å². The molecule has 0 radical (unpaired) electrons. The van der Waals surface area contributed by atoms with Crippen LogP contribution in [0.4, 0.5) is 13.2 Å². The lowest BCUT2D eigenvalue weighted by atomic mass is 9.98. The van der Waals surface area contributed by atoms with E-state index in [0.717, 1.165) is 36.8 Å². The van der Waals surface area contributed by atoms with Crippen LogP contribution >= 0.6 is 0 Å². The fraction of sp³-hybridized carbons (Fsp3) is 0.450. The van der Waals surface area contributed by atoms with E-state index in [1.807, 2.05) is 13.0 Å². The number of aryl methyl sites for hydroxylation is 1. The number of aromatic nitrogens is 1. The highest BCUT2D eigenvalue weighted by molar-refractivity contribution is 5.88. The fourth-order valence-electron chi connectivity index (χ4n) is 3.25. The Kier molecular flexibility index (Phi) is 3.81. The minimum atomic E-state index is -4.44. The van der Waals surface area contributed by atoms with Crippen LogP contribution in [0.2, 0.25) is 0 Å². The maximum absolute atomic E-state index is 13.7. The molecule has 2 aliphatic rings. The van der Waals surface area contributed by atoms with Crippen molar-refractivity contribution in [2.24, 2.45) is 5.73 Å². The van der Waals surface area contributed by atoms with Crippen LogP contribution in [0.25, 0.3) is 16.6 Å². The summed E-state index contributed by atoms with van der Waals surface area (Å²) in [6.07, 6.45) is -0.644. The Morgan fingerprint density at radius 1 is 1.31 bits per heavy atom. The van der Waals surface area contributed by atoms with E-state index in [2.05, 4.69) is 16.9 Å². The van der Waals surface area contributed by atoms with Crippen LogP contribution in [0, 0.1) is 6.92 Å². The van der Waals surface area contributed by atoms with Crippen molar-refractivity contribution in [3.63, 3.8) is 0 Å². The molecule has 1 heterocycles. The summed E-state index contributed by atoms with van der Waals surface area (Å²) in [5, 5.41) is 3.69. The number of hydrogen-bond donors (Lipinski definition) is 2. The highest BCUT2D eigenvalue weighted by atomic mass is 19.4. The number of nitrogens with two attached hydrogens (primary N) is 1. The quantitative estimate of drug-likeness (QED) is 0.825. The third-order valence-corrected chi connectivity index (χ3v) is 5.35. The van der Waals surface area contributed by atoms with Crippen molar-refractivity contribution in [1.29, 1.82) is 0 Å². The second-order valence-electron chi connectivity index (χ2n) is 7.76. The Hall–Kier alpha value is -2.08. The molecule has 0 amide bonds. The van der Waals surface area contributed by atoms with Crippen LogP contribution in [-0.4, -0.2) is 17.1 Å². The Balaban J connectivity index is 1.77. The Labute approximate surface area is 150 Å². The van der Waals surface area contributed by atoms with E-state index in [9.17, 15) is 13.2 Å². The van der Waals surface area contributed by atoms with Gasteiger partial charge in [0.25, 0.3) is 0 Å². The third kappa shape index (κ3) is 3.30. The first-order valence-corrected chi connectivity index (χ1v) is 8.91. The van der Waals surface area contributed by atoms with Gasteiger partial charge in [-0.15, -0.1) is 0 Å².